The van der Waals surface area contributed by atoms with Gasteiger partial charge in [-0.25, -0.2) is 4.98 Å². The number of ether oxygens (including phenoxy) is 1. The van der Waals surface area contributed by atoms with Crippen LogP contribution in [0.1, 0.15) is 26.2 Å². The molecule has 1 unspecified atom stereocenters. The Kier molecular flexibility index (Phi) is 5.13. The third kappa shape index (κ3) is 4.21. The van der Waals surface area contributed by atoms with Crippen molar-refractivity contribution < 1.29 is 4.74 Å². The molecule has 0 bridgehead atoms. The highest BCUT2D eigenvalue weighted by Gasteiger charge is 2.15. The molecule has 2 heterocycles. The van der Waals surface area contributed by atoms with E-state index in [0.29, 0.717) is 6.10 Å². The lowest BCUT2D eigenvalue weighted by atomic mass is 10.3. The molecule has 0 aromatic carbocycles. The third-order valence-electron chi connectivity index (χ3n) is 2.75. The normalized spacial score (nSPS) is 19.5. The smallest absolute Gasteiger partial charge is 0.126 e. The van der Waals surface area contributed by atoms with Gasteiger partial charge in [-0.15, -0.1) is 11.8 Å². The molecule has 1 aromatic rings. The number of hydrogen-bond acceptors (Lipinski definition) is 4. The van der Waals surface area contributed by atoms with Crippen molar-refractivity contribution in [1.29, 1.82) is 0 Å². The van der Waals surface area contributed by atoms with E-state index in [1.165, 1.54) is 17.7 Å². The van der Waals surface area contributed by atoms with E-state index in [4.69, 9.17) is 4.74 Å². The Morgan fingerprint density at radius 2 is 2.53 bits per heavy atom. The SMILES string of the molecule is CCCNc1cc(SCC2CCCO2)ccn1. The van der Waals surface area contributed by atoms with E-state index in [1.807, 2.05) is 18.0 Å². The molecule has 1 atom stereocenters. The second kappa shape index (κ2) is 6.87. The van der Waals surface area contributed by atoms with Gasteiger partial charge in [-0.1, -0.05) is 6.92 Å². The maximum Gasteiger partial charge on any atom is 0.126 e. The van der Waals surface area contributed by atoms with Crippen LogP contribution >= 0.6 is 11.8 Å². The van der Waals surface area contributed by atoms with Crippen LogP contribution in [0.4, 0.5) is 5.82 Å². The van der Waals surface area contributed by atoms with E-state index in [0.717, 1.165) is 31.1 Å². The number of pyridine rings is 1. The summed E-state index contributed by atoms with van der Waals surface area (Å²) in [5, 5.41) is 3.31. The molecule has 4 heteroatoms. The number of rotatable bonds is 6. The van der Waals surface area contributed by atoms with E-state index in [-0.39, 0.29) is 0 Å². The Balaban J connectivity index is 1.82. The van der Waals surface area contributed by atoms with Gasteiger partial charge in [0.05, 0.1) is 6.10 Å². The molecule has 1 aliphatic rings. The van der Waals surface area contributed by atoms with E-state index < -0.39 is 0 Å². The topological polar surface area (TPSA) is 34.1 Å². The number of nitrogens with one attached hydrogen (secondary N) is 1. The average molecular weight is 252 g/mol. The first-order valence-electron chi connectivity index (χ1n) is 6.33. The van der Waals surface area contributed by atoms with Crippen molar-refractivity contribution >= 4 is 17.6 Å². The fraction of sp³-hybridized carbons (Fsp3) is 0.615. The van der Waals surface area contributed by atoms with Crippen molar-refractivity contribution in [1.82, 2.24) is 4.98 Å². The second-order valence-corrected chi connectivity index (χ2v) is 5.34. The zero-order valence-electron chi connectivity index (χ0n) is 10.3. The van der Waals surface area contributed by atoms with Gasteiger partial charge in [0.15, 0.2) is 0 Å². The Morgan fingerprint density at radius 1 is 1.59 bits per heavy atom. The van der Waals surface area contributed by atoms with Crippen LogP contribution in [-0.2, 0) is 4.74 Å². The minimum Gasteiger partial charge on any atom is -0.377 e. The minimum absolute atomic E-state index is 0.445. The molecule has 0 aliphatic carbocycles. The summed E-state index contributed by atoms with van der Waals surface area (Å²) in [6.07, 6.45) is 5.86. The van der Waals surface area contributed by atoms with Crippen molar-refractivity contribution in [3.05, 3.63) is 18.3 Å². The third-order valence-corrected chi connectivity index (χ3v) is 3.87. The zero-order chi connectivity index (χ0) is 11.9. The van der Waals surface area contributed by atoms with Gasteiger partial charge in [-0.2, -0.15) is 0 Å². The van der Waals surface area contributed by atoms with Crippen molar-refractivity contribution in [3.63, 3.8) is 0 Å². The van der Waals surface area contributed by atoms with E-state index >= 15 is 0 Å². The van der Waals surface area contributed by atoms with Gasteiger partial charge in [0.2, 0.25) is 0 Å². The van der Waals surface area contributed by atoms with Gasteiger partial charge >= 0.3 is 0 Å². The van der Waals surface area contributed by atoms with Crippen LogP contribution in [-0.4, -0.2) is 30.0 Å². The van der Waals surface area contributed by atoms with Crippen LogP contribution in [0.3, 0.4) is 0 Å². The molecule has 17 heavy (non-hydrogen) atoms. The standard InChI is InChI=1S/C13H20N2OS/c1-2-6-14-13-9-12(5-7-15-13)17-10-11-4-3-8-16-11/h5,7,9,11H,2-4,6,8,10H2,1H3,(H,14,15). The second-order valence-electron chi connectivity index (χ2n) is 4.25. The molecule has 1 saturated heterocycles. The maximum atomic E-state index is 5.62. The predicted molar refractivity (Wildman–Crippen MR) is 72.7 cm³/mol. The fourth-order valence-corrected chi connectivity index (χ4v) is 2.81. The van der Waals surface area contributed by atoms with Crippen LogP contribution in [0.15, 0.2) is 23.2 Å². The van der Waals surface area contributed by atoms with Gasteiger partial charge in [-0.05, 0) is 31.4 Å². The number of nitrogens with zero attached hydrogens (tertiary/aromatic N) is 1. The summed E-state index contributed by atoms with van der Waals surface area (Å²) in [6.45, 7) is 4.07. The number of anilines is 1. The highest BCUT2D eigenvalue weighted by atomic mass is 32.2. The quantitative estimate of drug-likeness (QED) is 0.789. The maximum absolute atomic E-state index is 5.62. The summed E-state index contributed by atoms with van der Waals surface area (Å²) < 4.78 is 5.62. The van der Waals surface area contributed by atoms with Gasteiger partial charge in [0, 0.05) is 30.0 Å². The van der Waals surface area contributed by atoms with Gasteiger partial charge in [-0.3, -0.25) is 0 Å². The highest BCUT2D eigenvalue weighted by Crippen LogP contribution is 2.24. The largest absolute Gasteiger partial charge is 0.377 e. The highest BCUT2D eigenvalue weighted by molar-refractivity contribution is 7.99. The van der Waals surface area contributed by atoms with Crippen LogP contribution in [0.5, 0.6) is 0 Å². The van der Waals surface area contributed by atoms with Crippen molar-refractivity contribution in [2.45, 2.75) is 37.2 Å². The first kappa shape index (κ1) is 12.7. The molecule has 1 fully saturated rings. The number of hydrogen-bond donors (Lipinski definition) is 1. The Hall–Kier alpha value is -0.740. The molecule has 94 valence electrons. The molecule has 1 aromatic heterocycles. The van der Waals surface area contributed by atoms with E-state index in [1.54, 1.807) is 0 Å². The molecule has 3 nitrogen and oxygen atoms in total. The van der Waals surface area contributed by atoms with Crippen LogP contribution < -0.4 is 5.32 Å². The van der Waals surface area contributed by atoms with Gasteiger partial charge in [0.1, 0.15) is 5.82 Å². The molecule has 0 spiro atoms. The van der Waals surface area contributed by atoms with E-state index in [9.17, 15) is 0 Å². The number of aromatic nitrogens is 1. The summed E-state index contributed by atoms with van der Waals surface area (Å²) in [6, 6.07) is 4.19. The van der Waals surface area contributed by atoms with Crippen LogP contribution in [0.2, 0.25) is 0 Å². The lowest BCUT2D eigenvalue weighted by molar-refractivity contribution is 0.129. The number of thioether (sulfide) groups is 1. The Morgan fingerprint density at radius 3 is 3.29 bits per heavy atom. The minimum atomic E-state index is 0.445. The first-order chi connectivity index (χ1) is 8.38. The van der Waals surface area contributed by atoms with Gasteiger partial charge in [0.25, 0.3) is 0 Å². The molecule has 2 rings (SSSR count). The van der Waals surface area contributed by atoms with E-state index in [2.05, 4.69) is 29.4 Å². The van der Waals surface area contributed by atoms with Crippen LogP contribution in [0, 0.1) is 0 Å². The molecule has 1 aliphatic heterocycles. The monoisotopic (exact) mass is 252 g/mol. The zero-order valence-corrected chi connectivity index (χ0v) is 11.1. The Labute approximate surface area is 107 Å². The lowest BCUT2D eigenvalue weighted by Crippen LogP contribution is -2.07. The average Bonchev–Trinajstić information content (AvgIpc) is 2.87. The molecular formula is C13H20N2OS. The summed E-state index contributed by atoms with van der Waals surface area (Å²) in [5.41, 5.74) is 0. The lowest BCUT2D eigenvalue weighted by Gasteiger charge is -2.09. The van der Waals surface area contributed by atoms with Crippen molar-refractivity contribution in [2.24, 2.45) is 0 Å². The summed E-state index contributed by atoms with van der Waals surface area (Å²) >= 11 is 1.86. The van der Waals surface area contributed by atoms with Crippen LogP contribution in [0.25, 0.3) is 0 Å². The molecule has 0 amide bonds. The van der Waals surface area contributed by atoms with Crippen molar-refractivity contribution in [2.75, 3.05) is 24.2 Å². The molecule has 0 radical (unpaired) electrons. The van der Waals surface area contributed by atoms with Crippen molar-refractivity contribution in [3.8, 4) is 0 Å². The first-order valence-corrected chi connectivity index (χ1v) is 7.31. The summed E-state index contributed by atoms with van der Waals surface area (Å²) in [5.74, 6) is 2.03. The summed E-state index contributed by atoms with van der Waals surface area (Å²) in [7, 11) is 0. The Bertz CT molecular complexity index is 340. The summed E-state index contributed by atoms with van der Waals surface area (Å²) in [4.78, 5) is 5.57. The molecule has 0 saturated carbocycles. The predicted octanol–water partition coefficient (Wildman–Crippen LogP) is 3.17. The van der Waals surface area contributed by atoms with Gasteiger partial charge < -0.3 is 10.1 Å². The molecular weight excluding hydrogens is 232 g/mol. The fourth-order valence-electron chi connectivity index (χ4n) is 1.82. The molecule has 1 N–H and O–H groups in total.